The van der Waals surface area contributed by atoms with Crippen molar-refractivity contribution >= 4 is 16.8 Å². The summed E-state index contributed by atoms with van der Waals surface area (Å²) in [6, 6.07) is 11.2. The molecule has 0 aliphatic heterocycles. The average Bonchev–Trinajstić information content (AvgIpc) is 3.31. The Morgan fingerprint density at radius 2 is 2.00 bits per heavy atom. The van der Waals surface area contributed by atoms with E-state index in [1.165, 1.54) is 12.3 Å². The fraction of sp³-hybridized carbons (Fsp3) is 0.100. The lowest BCUT2D eigenvalue weighted by atomic mass is 10.1. The number of amides is 1. The van der Waals surface area contributed by atoms with Gasteiger partial charge in [-0.15, -0.1) is 0 Å². The molecule has 0 radical (unpaired) electrons. The molecule has 2 N–H and O–H groups in total. The molecule has 2 aromatic heterocycles. The number of aromatic nitrogens is 2. The highest BCUT2D eigenvalue weighted by Crippen LogP contribution is 2.25. The molecule has 0 bridgehead atoms. The number of nitrogens with one attached hydrogen (secondary N) is 2. The van der Waals surface area contributed by atoms with E-state index >= 15 is 0 Å². The monoisotopic (exact) mass is 367 g/mol. The third-order valence-corrected chi connectivity index (χ3v) is 4.35. The van der Waals surface area contributed by atoms with E-state index in [2.05, 4.69) is 15.5 Å². The Kier molecular flexibility index (Phi) is 4.42. The summed E-state index contributed by atoms with van der Waals surface area (Å²) in [6.07, 6.45) is 3.82. The molecule has 136 valence electrons. The van der Waals surface area contributed by atoms with Crippen LogP contribution in [-0.2, 0) is 6.42 Å². The maximum absolute atomic E-state index is 13.5. The highest BCUT2D eigenvalue weighted by molar-refractivity contribution is 5.99. The lowest BCUT2D eigenvalue weighted by Gasteiger charge is -2.05. The van der Waals surface area contributed by atoms with Gasteiger partial charge in [-0.25, -0.2) is 8.78 Å². The van der Waals surface area contributed by atoms with Crippen LogP contribution in [0.5, 0.6) is 0 Å². The SMILES string of the molecule is O=C(NCCc1c[nH]c2ccccc12)c1cnoc1-c1ccc(F)c(F)c1. The number of aromatic amines is 1. The zero-order valence-electron chi connectivity index (χ0n) is 14.1. The van der Waals surface area contributed by atoms with Crippen molar-refractivity contribution < 1.29 is 18.1 Å². The topological polar surface area (TPSA) is 70.9 Å². The molecule has 0 atom stereocenters. The molecule has 2 heterocycles. The predicted octanol–water partition coefficient (Wildman–Crippen LogP) is 4.07. The summed E-state index contributed by atoms with van der Waals surface area (Å²) in [6.45, 7) is 0.406. The molecule has 0 aliphatic carbocycles. The molecule has 27 heavy (non-hydrogen) atoms. The molecular weight excluding hydrogens is 352 g/mol. The highest BCUT2D eigenvalue weighted by Gasteiger charge is 2.19. The Morgan fingerprint density at radius 1 is 1.15 bits per heavy atom. The second kappa shape index (κ2) is 7.03. The van der Waals surface area contributed by atoms with E-state index in [4.69, 9.17) is 4.52 Å². The number of fused-ring (bicyclic) bond motifs is 1. The van der Waals surface area contributed by atoms with Gasteiger partial charge in [-0.1, -0.05) is 23.4 Å². The van der Waals surface area contributed by atoms with Gasteiger partial charge in [0, 0.05) is 29.2 Å². The number of carbonyl (C=O) groups excluding carboxylic acids is 1. The Bertz CT molecular complexity index is 1120. The highest BCUT2D eigenvalue weighted by atomic mass is 19.2. The van der Waals surface area contributed by atoms with Gasteiger partial charge in [0.1, 0.15) is 5.56 Å². The van der Waals surface area contributed by atoms with Crippen molar-refractivity contribution in [2.75, 3.05) is 6.54 Å². The second-order valence-electron chi connectivity index (χ2n) is 6.06. The van der Waals surface area contributed by atoms with Crippen LogP contribution in [0.25, 0.3) is 22.2 Å². The largest absolute Gasteiger partial charge is 0.361 e. The van der Waals surface area contributed by atoms with Gasteiger partial charge in [-0.2, -0.15) is 0 Å². The van der Waals surface area contributed by atoms with Gasteiger partial charge in [0.15, 0.2) is 17.4 Å². The van der Waals surface area contributed by atoms with Crippen molar-refractivity contribution in [3.8, 4) is 11.3 Å². The third-order valence-electron chi connectivity index (χ3n) is 4.35. The molecule has 0 saturated carbocycles. The number of H-pyrrole nitrogens is 1. The van der Waals surface area contributed by atoms with Crippen molar-refractivity contribution in [3.05, 3.63) is 77.6 Å². The Balaban J connectivity index is 1.46. The second-order valence-corrected chi connectivity index (χ2v) is 6.06. The van der Waals surface area contributed by atoms with Crippen molar-refractivity contribution in [2.45, 2.75) is 6.42 Å². The first-order chi connectivity index (χ1) is 13.1. The first-order valence-corrected chi connectivity index (χ1v) is 8.37. The first-order valence-electron chi connectivity index (χ1n) is 8.37. The summed E-state index contributed by atoms with van der Waals surface area (Å²) in [5.41, 5.74) is 2.55. The van der Waals surface area contributed by atoms with Crippen LogP contribution in [0.3, 0.4) is 0 Å². The Hall–Kier alpha value is -3.48. The first kappa shape index (κ1) is 17.0. The molecule has 0 saturated heterocycles. The fourth-order valence-electron chi connectivity index (χ4n) is 2.99. The lowest BCUT2D eigenvalue weighted by Crippen LogP contribution is -2.25. The van der Waals surface area contributed by atoms with Gasteiger partial charge in [0.25, 0.3) is 5.91 Å². The minimum absolute atomic E-state index is 0.0958. The fourth-order valence-corrected chi connectivity index (χ4v) is 2.99. The summed E-state index contributed by atoms with van der Waals surface area (Å²) in [7, 11) is 0. The minimum Gasteiger partial charge on any atom is -0.361 e. The zero-order chi connectivity index (χ0) is 18.8. The van der Waals surface area contributed by atoms with Gasteiger partial charge < -0.3 is 14.8 Å². The molecule has 2 aromatic carbocycles. The molecule has 1 amide bonds. The van der Waals surface area contributed by atoms with Crippen molar-refractivity contribution in [1.82, 2.24) is 15.5 Å². The molecule has 4 aromatic rings. The summed E-state index contributed by atoms with van der Waals surface area (Å²) in [5.74, 6) is -2.29. The number of benzene rings is 2. The average molecular weight is 367 g/mol. The molecular formula is C20H15F2N3O2. The quantitative estimate of drug-likeness (QED) is 0.558. The number of nitrogens with zero attached hydrogens (tertiary/aromatic N) is 1. The van der Waals surface area contributed by atoms with Gasteiger partial charge in [-0.05, 0) is 36.2 Å². The molecule has 0 unspecified atom stereocenters. The van der Waals surface area contributed by atoms with E-state index < -0.39 is 17.5 Å². The summed E-state index contributed by atoms with van der Waals surface area (Å²) < 4.78 is 31.6. The van der Waals surface area contributed by atoms with Crippen molar-refractivity contribution in [1.29, 1.82) is 0 Å². The zero-order valence-corrected chi connectivity index (χ0v) is 14.1. The van der Waals surface area contributed by atoms with Crippen molar-refractivity contribution in [2.24, 2.45) is 0 Å². The van der Waals surface area contributed by atoms with Crippen LogP contribution in [-0.4, -0.2) is 22.6 Å². The van der Waals surface area contributed by atoms with Crippen LogP contribution in [0.4, 0.5) is 8.78 Å². The van der Waals surface area contributed by atoms with E-state index in [0.29, 0.717) is 13.0 Å². The molecule has 5 nitrogen and oxygen atoms in total. The van der Waals surface area contributed by atoms with E-state index in [0.717, 1.165) is 28.6 Å². The summed E-state index contributed by atoms with van der Waals surface area (Å²) in [4.78, 5) is 15.6. The lowest BCUT2D eigenvalue weighted by molar-refractivity contribution is 0.0954. The Morgan fingerprint density at radius 3 is 2.85 bits per heavy atom. The predicted molar refractivity (Wildman–Crippen MR) is 96.2 cm³/mol. The summed E-state index contributed by atoms with van der Waals surface area (Å²) >= 11 is 0. The van der Waals surface area contributed by atoms with Gasteiger partial charge in [-0.3, -0.25) is 4.79 Å². The number of carbonyl (C=O) groups is 1. The van der Waals surface area contributed by atoms with Crippen LogP contribution in [0, 0.1) is 11.6 Å². The van der Waals surface area contributed by atoms with E-state index in [-0.39, 0.29) is 16.9 Å². The molecule has 0 aliphatic rings. The summed E-state index contributed by atoms with van der Waals surface area (Å²) in [5, 5.41) is 7.53. The number of hydrogen-bond acceptors (Lipinski definition) is 3. The van der Waals surface area contributed by atoms with Crippen molar-refractivity contribution in [3.63, 3.8) is 0 Å². The molecule has 0 fully saturated rings. The molecule has 4 rings (SSSR count). The smallest absolute Gasteiger partial charge is 0.256 e. The normalized spacial score (nSPS) is 11.0. The minimum atomic E-state index is -1.02. The van der Waals surface area contributed by atoms with Gasteiger partial charge in [0.2, 0.25) is 0 Å². The number of hydrogen-bond donors (Lipinski definition) is 2. The van der Waals surface area contributed by atoms with Crippen LogP contribution in [0.15, 0.2) is 59.4 Å². The van der Waals surface area contributed by atoms with Crippen LogP contribution < -0.4 is 5.32 Å². The van der Waals surface area contributed by atoms with Crippen LogP contribution in [0.1, 0.15) is 15.9 Å². The number of rotatable bonds is 5. The number of halogens is 2. The van der Waals surface area contributed by atoms with Gasteiger partial charge >= 0.3 is 0 Å². The molecule has 7 heteroatoms. The maximum Gasteiger partial charge on any atom is 0.256 e. The van der Waals surface area contributed by atoms with E-state index in [1.807, 2.05) is 30.5 Å². The van der Waals surface area contributed by atoms with Crippen LogP contribution >= 0.6 is 0 Å². The number of para-hydroxylation sites is 1. The molecule has 0 spiro atoms. The third kappa shape index (κ3) is 3.31. The van der Waals surface area contributed by atoms with Gasteiger partial charge in [0.05, 0.1) is 6.20 Å². The maximum atomic E-state index is 13.5. The standard InChI is InChI=1S/C20H15F2N3O2/c21-16-6-5-12(9-17(16)22)19-15(11-25-27-19)20(26)23-8-7-13-10-24-18-4-2-1-3-14(13)18/h1-6,9-11,24H,7-8H2,(H,23,26). The van der Waals surface area contributed by atoms with Crippen LogP contribution in [0.2, 0.25) is 0 Å². The Labute approximate surface area is 153 Å². The van der Waals surface area contributed by atoms with E-state index in [9.17, 15) is 13.6 Å². The van der Waals surface area contributed by atoms with E-state index in [1.54, 1.807) is 0 Å².